The van der Waals surface area contributed by atoms with Crippen LogP contribution in [-0.4, -0.2) is 15.3 Å². The van der Waals surface area contributed by atoms with Crippen LogP contribution in [0.25, 0.3) is 11.0 Å². The lowest BCUT2D eigenvalue weighted by Crippen LogP contribution is -2.11. The van der Waals surface area contributed by atoms with E-state index in [1.54, 1.807) is 36.4 Å². The Morgan fingerprint density at radius 2 is 1.83 bits per heavy atom. The van der Waals surface area contributed by atoms with Gasteiger partial charge in [0.05, 0.1) is 16.7 Å². The molecule has 1 heterocycles. The molecule has 4 nitrogen and oxygen atoms in total. The van der Waals surface area contributed by atoms with Gasteiger partial charge in [0, 0.05) is 0 Å². The highest BCUT2D eigenvalue weighted by atomic mass is 19.3. The highest BCUT2D eigenvalue weighted by Crippen LogP contribution is 2.23. The van der Waals surface area contributed by atoms with Gasteiger partial charge in [-0.2, -0.15) is 13.9 Å². The van der Waals surface area contributed by atoms with Crippen LogP contribution in [0.2, 0.25) is 0 Å². The average Bonchev–Trinajstić information content (AvgIpc) is 2.93. The monoisotopic (exact) mass is 318 g/mol. The molecule has 0 fully saturated rings. The fraction of sp³-hybridized carbons (Fsp3) is 0.125. The number of nitrogens with zero attached hydrogens (tertiary/aromatic N) is 3. The molecule has 0 spiro atoms. The second kappa shape index (κ2) is 6.12. The number of imidazole rings is 1. The lowest BCUT2D eigenvalue weighted by atomic mass is 10.3. The van der Waals surface area contributed by atoms with Gasteiger partial charge in [-0.15, -0.1) is 0 Å². The summed E-state index contributed by atoms with van der Waals surface area (Å²) in [6, 6.07) is 12.6. The Balaban J connectivity index is 2.00. The zero-order valence-electron chi connectivity index (χ0n) is 12.2. The van der Waals surface area contributed by atoms with Gasteiger partial charge < -0.3 is 0 Å². The van der Waals surface area contributed by atoms with Gasteiger partial charge in [-0.25, -0.2) is 9.37 Å². The summed E-state index contributed by atoms with van der Waals surface area (Å²) in [5.41, 5.74) is 3.69. The average molecular weight is 318 g/mol. The highest BCUT2D eigenvalue weighted by Gasteiger charge is 2.19. The van der Waals surface area contributed by atoms with E-state index in [0.29, 0.717) is 11.0 Å². The molecule has 0 unspecified atom stereocenters. The van der Waals surface area contributed by atoms with Crippen LogP contribution < -0.4 is 5.43 Å². The van der Waals surface area contributed by atoms with Crippen LogP contribution in [0, 0.1) is 5.82 Å². The SMILES string of the molecule is CC(=NNc1ccccc1F)c1nc2ccccc2n1C(F)F. The van der Waals surface area contributed by atoms with Crippen LogP contribution in [0.4, 0.5) is 18.9 Å². The summed E-state index contributed by atoms with van der Waals surface area (Å²) in [6.45, 7) is -1.22. The quantitative estimate of drug-likeness (QED) is 0.572. The van der Waals surface area contributed by atoms with E-state index in [4.69, 9.17) is 0 Å². The van der Waals surface area contributed by atoms with E-state index in [9.17, 15) is 13.2 Å². The fourth-order valence-electron chi connectivity index (χ4n) is 2.24. The number of nitrogens with one attached hydrogen (secondary N) is 1. The molecule has 7 heteroatoms. The number of hydrogen-bond acceptors (Lipinski definition) is 3. The van der Waals surface area contributed by atoms with Gasteiger partial charge in [-0.05, 0) is 31.2 Å². The minimum atomic E-state index is -2.75. The van der Waals surface area contributed by atoms with Gasteiger partial charge in [0.15, 0.2) is 5.82 Å². The predicted octanol–water partition coefficient (Wildman–Crippen LogP) is 4.41. The first-order valence-corrected chi connectivity index (χ1v) is 6.88. The molecule has 118 valence electrons. The van der Waals surface area contributed by atoms with Crippen molar-refractivity contribution in [3.8, 4) is 0 Å². The Morgan fingerprint density at radius 3 is 2.57 bits per heavy atom. The first-order chi connectivity index (χ1) is 11.1. The molecule has 1 N–H and O–H groups in total. The summed E-state index contributed by atoms with van der Waals surface area (Å²) < 4.78 is 41.1. The summed E-state index contributed by atoms with van der Waals surface area (Å²) in [4.78, 5) is 4.19. The number of hydrogen-bond donors (Lipinski definition) is 1. The largest absolute Gasteiger partial charge is 0.320 e. The third-order valence-electron chi connectivity index (χ3n) is 3.33. The fourth-order valence-corrected chi connectivity index (χ4v) is 2.24. The molecule has 1 aromatic heterocycles. The summed E-state index contributed by atoms with van der Waals surface area (Å²) in [7, 11) is 0. The number of benzene rings is 2. The third kappa shape index (κ3) is 2.90. The van der Waals surface area contributed by atoms with Gasteiger partial charge in [-0.1, -0.05) is 24.3 Å². The minimum Gasteiger partial charge on any atom is -0.275 e. The maximum atomic E-state index is 13.5. The van der Waals surface area contributed by atoms with Gasteiger partial charge in [-0.3, -0.25) is 9.99 Å². The van der Waals surface area contributed by atoms with E-state index in [-0.39, 0.29) is 17.2 Å². The van der Waals surface area contributed by atoms with Crippen LogP contribution in [0.1, 0.15) is 19.3 Å². The molecule has 0 aliphatic carbocycles. The van der Waals surface area contributed by atoms with Gasteiger partial charge in [0.25, 0.3) is 0 Å². The second-order valence-corrected chi connectivity index (χ2v) is 4.86. The second-order valence-electron chi connectivity index (χ2n) is 4.86. The van der Waals surface area contributed by atoms with Crippen molar-refractivity contribution >= 4 is 22.4 Å². The van der Waals surface area contributed by atoms with Crippen LogP contribution >= 0.6 is 0 Å². The van der Waals surface area contributed by atoms with Crippen molar-refractivity contribution in [1.82, 2.24) is 9.55 Å². The number of halogens is 3. The Morgan fingerprint density at radius 1 is 1.13 bits per heavy atom. The van der Waals surface area contributed by atoms with Crippen molar-refractivity contribution in [2.24, 2.45) is 5.10 Å². The Hall–Kier alpha value is -2.83. The molecule has 3 rings (SSSR count). The van der Waals surface area contributed by atoms with E-state index in [2.05, 4.69) is 15.5 Å². The van der Waals surface area contributed by atoms with Gasteiger partial charge >= 0.3 is 6.55 Å². The van der Waals surface area contributed by atoms with Crippen molar-refractivity contribution in [3.63, 3.8) is 0 Å². The number of aromatic nitrogens is 2. The standard InChI is InChI=1S/C16H13F3N4/c1-10(21-22-12-7-3-2-6-11(12)17)15-20-13-8-4-5-9-14(13)23(15)16(18)19/h2-9,16,22H,1H3. The van der Waals surface area contributed by atoms with Gasteiger partial charge in [0.2, 0.25) is 0 Å². The number of rotatable bonds is 4. The number of hydrazone groups is 1. The van der Waals surface area contributed by atoms with E-state index >= 15 is 0 Å². The minimum absolute atomic E-state index is 0.0324. The number of fused-ring (bicyclic) bond motifs is 1. The predicted molar refractivity (Wildman–Crippen MR) is 83.2 cm³/mol. The van der Waals surface area contributed by atoms with Crippen molar-refractivity contribution in [2.45, 2.75) is 13.5 Å². The summed E-state index contributed by atoms with van der Waals surface area (Å²) in [5.74, 6) is -0.448. The smallest absolute Gasteiger partial charge is 0.275 e. The first-order valence-electron chi connectivity index (χ1n) is 6.88. The van der Waals surface area contributed by atoms with Crippen molar-refractivity contribution < 1.29 is 13.2 Å². The molecule has 0 atom stereocenters. The number of anilines is 1. The lowest BCUT2D eigenvalue weighted by Gasteiger charge is -2.08. The van der Waals surface area contributed by atoms with Crippen molar-refractivity contribution in [2.75, 3.05) is 5.43 Å². The number of para-hydroxylation sites is 3. The molecule has 2 aromatic carbocycles. The van der Waals surface area contributed by atoms with Crippen LogP contribution in [0.15, 0.2) is 53.6 Å². The first kappa shape index (κ1) is 15.1. The van der Waals surface area contributed by atoms with E-state index < -0.39 is 12.4 Å². The highest BCUT2D eigenvalue weighted by molar-refractivity contribution is 5.99. The summed E-state index contributed by atoms with van der Waals surface area (Å²) >= 11 is 0. The number of alkyl halides is 2. The molecular weight excluding hydrogens is 305 g/mol. The molecular formula is C16H13F3N4. The topological polar surface area (TPSA) is 42.2 Å². The molecule has 0 aliphatic rings. The molecule has 0 saturated carbocycles. The van der Waals surface area contributed by atoms with Gasteiger partial charge in [0.1, 0.15) is 11.5 Å². The molecule has 0 amide bonds. The van der Waals surface area contributed by atoms with Crippen LogP contribution in [0.3, 0.4) is 0 Å². The Labute approximate surface area is 130 Å². The van der Waals surface area contributed by atoms with Crippen molar-refractivity contribution in [3.05, 3.63) is 60.2 Å². The zero-order valence-corrected chi connectivity index (χ0v) is 12.2. The molecule has 0 bridgehead atoms. The molecule has 0 saturated heterocycles. The van der Waals surface area contributed by atoms with E-state index in [1.807, 2.05) is 0 Å². The van der Waals surface area contributed by atoms with Crippen LogP contribution in [-0.2, 0) is 0 Å². The van der Waals surface area contributed by atoms with Crippen LogP contribution in [0.5, 0.6) is 0 Å². The molecule has 23 heavy (non-hydrogen) atoms. The normalized spacial score (nSPS) is 12.1. The summed E-state index contributed by atoms with van der Waals surface area (Å²) in [6.07, 6.45) is 0. The summed E-state index contributed by atoms with van der Waals surface area (Å²) in [5, 5.41) is 3.97. The maximum Gasteiger partial charge on any atom is 0.320 e. The molecule has 3 aromatic rings. The van der Waals surface area contributed by atoms with E-state index in [0.717, 1.165) is 4.57 Å². The van der Waals surface area contributed by atoms with Crippen molar-refractivity contribution in [1.29, 1.82) is 0 Å². The zero-order chi connectivity index (χ0) is 16.4. The molecule has 0 aliphatic heterocycles. The maximum absolute atomic E-state index is 13.5. The Bertz CT molecular complexity index is 871. The lowest BCUT2D eigenvalue weighted by molar-refractivity contribution is 0.0740. The molecule has 0 radical (unpaired) electrons. The Kier molecular flexibility index (Phi) is 4.01. The third-order valence-corrected chi connectivity index (χ3v) is 3.33. The van der Waals surface area contributed by atoms with E-state index in [1.165, 1.54) is 19.1 Å².